The molecule has 4 aromatic rings. The minimum Gasteiger partial charge on any atom is -0.444 e. The molecule has 3 N–H and O–H groups in total. The summed E-state index contributed by atoms with van der Waals surface area (Å²) < 4.78 is 9.84. The number of likely N-dealkylation sites (tertiary alicyclic amines) is 1. The fourth-order valence-electron chi connectivity index (χ4n) is 6.60. The molecule has 244 valence electrons. The Morgan fingerprint density at radius 1 is 0.822 bits per heavy atom. The van der Waals surface area contributed by atoms with Crippen LogP contribution in [0, 0.1) is 0 Å². The summed E-state index contributed by atoms with van der Waals surface area (Å²) in [6, 6.07) is 8.67. The van der Waals surface area contributed by atoms with Crippen LogP contribution >= 0.6 is 0 Å². The van der Waals surface area contributed by atoms with E-state index in [1.54, 1.807) is 0 Å². The van der Waals surface area contributed by atoms with E-state index in [-0.39, 0.29) is 6.09 Å². The zero-order valence-corrected chi connectivity index (χ0v) is 28.2. The van der Waals surface area contributed by atoms with Gasteiger partial charge in [-0.15, -0.1) is 0 Å². The topological polar surface area (TPSA) is 100 Å². The van der Waals surface area contributed by atoms with Crippen LogP contribution in [0.25, 0.3) is 11.3 Å². The highest BCUT2D eigenvalue weighted by molar-refractivity contribution is 5.68. The molecular weight excluding hydrogens is 564 g/mol. The van der Waals surface area contributed by atoms with Gasteiger partial charge < -0.3 is 25.6 Å². The largest absolute Gasteiger partial charge is 0.444 e. The number of aromatic nitrogens is 4. The number of nitrogens with zero attached hydrogens (tertiary/aromatic N) is 5. The van der Waals surface area contributed by atoms with Gasteiger partial charge in [0, 0.05) is 39.6 Å². The average molecular weight is 617 g/mol. The zero-order valence-electron chi connectivity index (χ0n) is 28.2. The van der Waals surface area contributed by atoms with E-state index in [0.717, 1.165) is 86.2 Å². The molecule has 0 bridgehead atoms. The van der Waals surface area contributed by atoms with Crippen LogP contribution in [-0.4, -0.2) is 75.6 Å². The van der Waals surface area contributed by atoms with Crippen molar-refractivity contribution in [3.63, 3.8) is 0 Å². The van der Waals surface area contributed by atoms with Crippen LogP contribution in [0.3, 0.4) is 0 Å². The summed E-state index contributed by atoms with van der Waals surface area (Å²) in [7, 11) is 3.91. The number of hydrogen-bond donors (Lipinski definition) is 3. The maximum absolute atomic E-state index is 12.2. The molecule has 10 heteroatoms. The Morgan fingerprint density at radius 3 is 1.71 bits per heavy atom. The third-order valence-electron chi connectivity index (χ3n) is 9.00. The van der Waals surface area contributed by atoms with Crippen LogP contribution in [0.5, 0.6) is 0 Å². The van der Waals surface area contributed by atoms with Crippen LogP contribution in [0.15, 0.2) is 36.7 Å². The van der Waals surface area contributed by atoms with Gasteiger partial charge in [-0.2, -0.15) is 0 Å². The first-order valence-electron chi connectivity index (χ1n) is 16.7. The number of piperidine rings is 2. The number of rotatable bonds is 6. The van der Waals surface area contributed by atoms with Crippen molar-refractivity contribution in [2.45, 2.75) is 90.6 Å². The highest BCUT2D eigenvalue weighted by Gasteiger charge is 2.28. The fourth-order valence-corrected chi connectivity index (χ4v) is 6.60. The van der Waals surface area contributed by atoms with E-state index >= 15 is 0 Å². The first-order valence-corrected chi connectivity index (χ1v) is 16.7. The molecule has 0 saturated carbocycles. The fraction of sp³-hybridized carbons (Fsp3) is 0.571. The Morgan fingerprint density at radius 2 is 1.29 bits per heavy atom. The lowest BCUT2D eigenvalue weighted by Gasteiger charge is -2.33. The molecule has 2 saturated heterocycles. The molecule has 2 aliphatic heterocycles. The number of aryl methyl sites for hydroxylation is 2. The first kappa shape index (κ1) is 32.6. The van der Waals surface area contributed by atoms with E-state index in [0.29, 0.717) is 11.8 Å². The number of hydrogen-bond acceptors (Lipinski definition) is 7. The molecule has 0 spiro atoms. The van der Waals surface area contributed by atoms with Crippen molar-refractivity contribution in [2.75, 3.05) is 50.9 Å². The number of nitrogens with one attached hydrogen (secondary N) is 3. The molecule has 1 amide bonds. The summed E-state index contributed by atoms with van der Waals surface area (Å²) in [6.45, 7) is 13.7. The van der Waals surface area contributed by atoms with E-state index < -0.39 is 5.60 Å². The van der Waals surface area contributed by atoms with Gasteiger partial charge in [0.15, 0.2) is 0 Å². The van der Waals surface area contributed by atoms with Gasteiger partial charge >= 0.3 is 6.09 Å². The molecule has 0 atom stereocenters. The average Bonchev–Trinajstić information content (AvgIpc) is 3.61. The first-order chi connectivity index (χ1) is 21.6. The molecule has 0 aromatic carbocycles. The second-order valence-corrected chi connectivity index (χ2v) is 13.2. The van der Waals surface area contributed by atoms with Crippen molar-refractivity contribution in [1.29, 1.82) is 0 Å². The van der Waals surface area contributed by atoms with Crippen LogP contribution < -0.4 is 16.0 Å². The predicted octanol–water partition coefficient (Wildman–Crippen LogP) is 6.46. The molecular formula is C35H52N8O2. The van der Waals surface area contributed by atoms with Crippen LogP contribution in [-0.2, 0) is 17.6 Å². The third-order valence-corrected chi connectivity index (χ3v) is 9.00. The summed E-state index contributed by atoms with van der Waals surface area (Å²) >= 11 is 0. The molecule has 4 aromatic heterocycles. The van der Waals surface area contributed by atoms with Crippen molar-refractivity contribution in [2.24, 2.45) is 0 Å². The van der Waals surface area contributed by atoms with Gasteiger partial charge in [0.2, 0.25) is 0 Å². The SMILES string of the molecule is CCc1nc2ccc(C3CCN(C(=O)OC(C)(C)C)CC3)cn2c1NC.CCc1nc2ccc(C3CCNCC3)cn2c1NC. The summed E-state index contributed by atoms with van der Waals surface area (Å²) in [5.74, 6) is 3.34. The number of carbonyl (C=O) groups is 1. The maximum atomic E-state index is 12.2. The number of imidazole rings is 2. The van der Waals surface area contributed by atoms with Crippen LogP contribution in [0.2, 0.25) is 0 Å². The van der Waals surface area contributed by atoms with E-state index in [1.807, 2.05) is 39.8 Å². The summed E-state index contributed by atoms with van der Waals surface area (Å²) in [5.41, 5.74) is 6.54. The van der Waals surface area contributed by atoms with Crippen molar-refractivity contribution in [1.82, 2.24) is 29.0 Å². The Hall–Kier alpha value is -3.79. The Labute approximate surface area is 268 Å². The molecule has 45 heavy (non-hydrogen) atoms. The second kappa shape index (κ2) is 14.1. The summed E-state index contributed by atoms with van der Waals surface area (Å²) in [4.78, 5) is 23.4. The van der Waals surface area contributed by atoms with E-state index in [1.165, 1.54) is 24.0 Å². The van der Waals surface area contributed by atoms with Gasteiger partial charge in [-0.05, 0) is 107 Å². The zero-order chi connectivity index (χ0) is 32.1. The van der Waals surface area contributed by atoms with E-state index in [4.69, 9.17) is 4.74 Å². The van der Waals surface area contributed by atoms with Crippen molar-refractivity contribution in [3.8, 4) is 0 Å². The highest BCUT2D eigenvalue weighted by atomic mass is 16.6. The predicted molar refractivity (Wildman–Crippen MR) is 183 cm³/mol. The lowest BCUT2D eigenvalue weighted by Crippen LogP contribution is -2.41. The van der Waals surface area contributed by atoms with Crippen molar-refractivity contribution in [3.05, 3.63) is 59.2 Å². The summed E-state index contributed by atoms with van der Waals surface area (Å²) in [6.07, 6.45) is 10.5. The maximum Gasteiger partial charge on any atom is 0.410 e. The molecule has 2 fully saturated rings. The number of amides is 1. The monoisotopic (exact) mass is 616 g/mol. The second-order valence-electron chi connectivity index (χ2n) is 13.2. The number of pyridine rings is 2. The van der Waals surface area contributed by atoms with Gasteiger partial charge in [-0.1, -0.05) is 26.0 Å². The number of ether oxygens (including phenoxy) is 1. The number of anilines is 2. The highest BCUT2D eigenvalue weighted by Crippen LogP contribution is 2.31. The molecule has 2 aliphatic rings. The molecule has 0 unspecified atom stereocenters. The smallest absolute Gasteiger partial charge is 0.410 e. The minimum atomic E-state index is -0.444. The van der Waals surface area contributed by atoms with Crippen LogP contribution in [0.4, 0.5) is 16.4 Å². The van der Waals surface area contributed by atoms with E-state index in [9.17, 15) is 4.79 Å². The van der Waals surface area contributed by atoms with Gasteiger partial charge in [0.05, 0.1) is 11.4 Å². The number of carbonyl (C=O) groups excluding carboxylic acids is 1. The Bertz CT molecular complexity index is 1590. The summed E-state index contributed by atoms with van der Waals surface area (Å²) in [5, 5.41) is 9.99. The normalized spacial score (nSPS) is 16.5. The molecule has 10 nitrogen and oxygen atoms in total. The quantitative estimate of drug-likeness (QED) is 0.229. The lowest BCUT2D eigenvalue weighted by molar-refractivity contribution is 0.0205. The van der Waals surface area contributed by atoms with Gasteiger partial charge in [0.1, 0.15) is 28.5 Å². The third kappa shape index (κ3) is 7.38. The van der Waals surface area contributed by atoms with Gasteiger partial charge in [-0.3, -0.25) is 8.80 Å². The van der Waals surface area contributed by atoms with Crippen molar-refractivity contribution < 1.29 is 9.53 Å². The minimum absolute atomic E-state index is 0.203. The Kier molecular flexibility index (Phi) is 10.2. The molecule has 0 radical (unpaired) electrons. The van der Waals surface area contributed by atoms with Gasteiger partial charge in [0.25, 0.3) is 0 Å². The molecule has 6 rings (SSSR count). The standard InChI is InChI=1S/C20H30N4O2.C15H22N4/c1-6-16-18(21-5)24-13-15(7-8-17(24)22-16)14-9-11-23(12-10-14)19(25)26-20(2,3)4;1-3-13-15(16-2)19-10-12(4-5-14(19)18-13)11-6-8-17-9-7-11/h7-8,13-14,21H,6,9-12H2,1-5H3;4-5,10-11,16-17H,3,6-9H2,1-2H3. The lowest BCUT2D eigenvalue weighted by atomic mass is 9.90. The van der Waals surface area contributed by atoms with Gasteiger partial charge in [-0.25, -0.2) is 14.8 Å². The molecule has 6 heterocycles. The number of fused-ring (bicyclic) bond motifs is 2. The Balaban J connectivity index is 0.000000186. The van der Waals surface area contributed by atoms with Crippen LogP contribution in [0.1, 0.15) is 94.7 Å². The molecule has 0 aliphatic carbocycles. The van der Waals surface area contributed by atoms with Crippen molar-refractivity contribution >= 4 is 29.0 Å². The van der Waals surface area contributed by atoms with E-state index in [2.05, 4.69) is 85.2 Å².